The summed E-state index contributed by atoms with van der Waals surface area (Å²) in [7, 11) is 0. The molecule has 6 heteroatoms. The summed E-state index contributed by atoms with van der Waals surface area (Å²) in [5.41, 5.74) is 7.62. The van der Waals surface area contributed by atoms with Gasteiger partial charge in [0.05, 0.1) is 0 Å². The van der Waals surface area contributed by atoms with Gasteiger partial charge in [0.2, 0.25) is 0 Å². The largest absolute Gasteiger partial charge is 0.360 e. The summed E-state index contributed by atoms with van der Waals surface area (Å²) in [6, 6.07) is 9.74. The third-order valence-corrected chi connectivity index (χ3v) is 3.97. The number of anilines is 1. The van der Waals surface area contributed by atoms with Crippen LogP contribution in [0.15, 0.2) is 36.0 Å². The lowest BCUT2D eigenvalue weighted by molar-refractivity contribution is -0.128. The number of aryl methyl sites for hydroxylation is 1. The molecule has 23 heavy (non-hydrogen) atoms. The van der Waals surface area contributed by atoms with Crippen LogP contribution in [-0.4, -0.2) is 55.0 Å². The number of nitrogens with one attached hydrogen (secondary N) is 1. The molecule has 0 bridgehead atoms. The second-order valence-corrected chi connectivity index (χ2v) is 5.55. The van der Waals surface area contributed by atoms with Crippen molar-refractivity contribution in [1.82, 2.24) is 9.80 Å². The number of hydrogen-bond donors (Lipinski definition) is 2. The molecule has 3 N–H and O–H groups in total. The Bertz CT molecular complexity index is 612. The third-order valence-electron chi connectivity index (χ3n) is 3.97. The molecular weight excluding hydrogens is 290 g/mol. The minimum atomic E-state index is -0.221. The van der Waals surface area contributed by atoms with E-state index < -0.39 is 0 Å². The van der Waals surface area contributed by atoms with E-state index in [1.54, 1.807) is 4.90 Å². The fourth-order valence-corrected chi connectivity index (χ4v) is 2.55. The zero-order valence-electron chi connectivity index (χ0n) is 13.5. The Kier molecular flexibility index (Phi) is 6.15. The molecule has 6 nitrogen and oxygen atoms in total. The maximum absolute atomic E-state index is 12.5. The number of carbonyl (C=O) groups is 1. The highest BCUT2D eigenvalue weighted by Crippen LogP contribution is 2.14. The van der Waals surface area contributed by atoms with Crippen molar-refractivity contribution in [3.05, 3.63) is 41.6 Å². The number of nitriles is 1. The number of rotatable bonds is 5. The van der Waals surface area contributed by atoms with Crippen LogP contribution < -0.4 is 11.1 Å². The van der Waals surface area contributed by atoms with Crippen LogP contribution in [0.25, 0.3) is 0 Å². The quantitative estimate of drug-likeness (QED) is 0.623. The number of amides is 1. The van der Waals surface area contributed by atoms with Crippen LogP contribution in [0.5, 0.6) is 0 Å². The smallest absolute Gasteiger partial charge is 0.266 e. The summed E-state index contributed by atoms with van der Waals surface area (Å²) in [5, 5.41) is 12.3. The number of benzene rings is 1. The molecule has 1 aromatic rings. The van der Waals surface area contributed by atoms with Crippen molar-refractivity contribution >= 4 is 11.6 Å². The number of nitrogens with two attached hydrogens (primary N) is 1. The van der Waals surface area contributed by atoms with Crippen LogP contribution in [-0.2, 0) is 4.79 Å². The van der Waals surface area contributed by atoms with Gasteiger partial charge in [-0.1, -0.05) is 18.2 Å². The summed E-state index contributed by atoms with van der Waals surface area (Å²) in [5.74, 6) is -0.221. The van der Waals surface area contributed by atoms with Gasteiger partial charge in [-0.25, -0.2) is 0 Å². The first kappa shape index (κ1) is 17.0. The molecule has 0 unspecified atom stereocenters. The van der Waals surface area contributed by atoms with Gasteiger partial charge in [-0.15, -0.1) is 0 Å². The van der Waals surface area contributed by atoms with Gasteiger partial charge in [-0.3, -0.25) is 9.69 Å². The predicted octanol–water partition coefficient (Wildman–Crippen LogP) is 0.917. The number of carbonyl (C=O) groups excluding carboxylic acids is 1. The number of hydrogen-bond acceptors (Lipinski definition) is 5. The van der Waals surface area contributed by atoms with Crippen molar-refractivity contribution in [1.29, 1.82) is 5.26 Å². The maximum atomic E-state index is 12.5. The van der Waals surface area contributed by atoms with Crippen molar-refractivity contribution in [2.75, 3.05) is 44.6 Å². The maximum Gasteiger partial charge on any atom is 0.266 e. The molecule has 122 valence electrons. The summed E-state index contributed by atoms with van der Waals surface area (Å²) in [6.45, 7) is 6.29. The Balaban J connectivity index is 1.98. The van der Waals surface area contributed by atoms with E-state index in [4.69, 9.17) is 5.73 Å². The van der Waals surface area contributed by atoms with Gasteiger partial charge < -0.3 is 16.0 Å². The highest BCUT2D eigenvalue weighted by molar-refractivity contribution is 5.97. The third kappa shape index (κ3) is 4.55. The zero-order valence-corrected chi connectivity index (χ0v) is 13.5. The molecule has 1 aliphatic heterocycles. The normalized spacial score (nSPS) is 16.0. The Morgan fingerprint density at radius 3 is 2.65 bits per heavy atom. The van der Waals surface area contributed by atoms with Crippen LogP contribution in [0.3, 0.4) is 0 Å². The van der Waals surface area contributed by atoms with E-state index in [-0.39, 0.29) is 11.5 Å². The predicted molar refractivity (Wildman–Crippen MR) is 90.6 cm³/mol. The zero-order chi connectivity index (χ0) is 16.7. The lowest BCUT2D eigenvalue weighted by atomic mass is 10.2. The van der Waals surface area contributed by atoms with Gasteiger partial charge in [0, 0.05) is 51.2 Å². The summed E-state index contributed by atoms with van der Waals surface area (Å²) < 4.78 is 0. The second-order valence-electron chi connectivity index (χ2n) is 5.55. The van der Waals surface area contributed by atoms with Crippen molar-refractivity contribution in [3.63, 3.8) is 0 Å². The first-order valence-corrected chi connectivity index (χ1v) is 7.80. The standard InChI is InChI=1S/C17H23N5O/c1-14-4-2-3-5-16(14)20-13-15(12-19)17(23)22-10-8-21(7-6-18)9-11-22/h2-5,13,20H,6-11,18H2,1H3/b15-13-. The second kappa shape index (κ2) is 8.32. The summed E-state index contributed by atoms with van der Waals surface area (Å²) >= 11 is 0. The Morgan fingerprint density at radius 2 is 2.04 bits per heavy atom. The lowest BCUT2D eigenvalue weighted by Crippen LogP contribution is -2.50. The first-order valence-electron chi connectivity index (χ1n) is 7.80. The van der Waals surface area contributed by atoms with Crippen LogP contribution in [0.1, 0.15) is 5.56 Å². The molecule has 0 radical (unpaired) electrons. The fourth-order valence-electron chi connectivity index (χ4n) is 2.55. The Morgan fingerprint density at radius 1 is 1.35 bits per heavy atom. The number of nitrogens with zero attached hydrogens (tertiary/aromatic N) is 3. The number of para-hydroxylation sites is 1. The van der Waals surface area contributed by atoms with Crippen molar-refractivity contribution < 1.29 is 4.79 Å². The molecule has 0 aliphatic carbocycles. The van der Waals surface area contributed by atoms with Gasteiger partial charge >= 0.3 is 0 Å². The molecule has 0 atom stereocenters. The molecule has 2 rings (SSSR count). The van der Waals surface area contributed by atoms with Crippen LogP contribution in [0.2, 0.25) is 0 Å². The average molecular weight is 313 g/mol. The minimum absolute atomic E-state index is 0.125. The molecular formula is C17H23N5O. The van der Waals surface area contributed by atoms with E-state index in [0.717, 1.165) is 30.9 Å². The van der Waals surface area contributed by atoms with E-state index in [2.05, 4.69) is 10.2 Å². The van der Waals surface area contributed by atoms with E-state index in [9.17, 15) is 10.1 Å². The van der Waals surface area contributed by atoms with Crippen molar-refractivity contribution in [3.8, 4) is 6.07 Å². The van der Waals surface area contributed by atoms with Crippen LogP contribution in [0, 0.1) is 18.3 Å². The summed E-state index contributed by atoms with van der Waals surface area (Å²) in [4.78, 5) is 16.4. The molecule has 0 spiro atoms. The minimum Gasteiger partial charge on any atom is -0.360 e. The van der Waals surface area contributed by atoms with Crippen LogP contribution in [0.4, 0.5) is 5.69 Å². The molecule has 1 amide bonds. The van der Waals surface area contributed by atoms with E-state index >= 15 is 0 Å². The van der Waals surface area contributed by atoms with Crippen molar-refractivity contribution in [2.24, 2.45) is 5.73 Å². The van der Waals surface area contributed by atoms with E-state index in [0.29, 0.717) is 19.6 Å². The number of piperazine rings is 1. The van der Waals surface area contributed by atoms with Crippen molar-refractivity contribution in [2.45, 2.75) is 6.92 Å². The highest BCUT2D eigenvalue weighted by atomic mass is 16.2. The molecule has 1 fully saturated rings. The molecule has 0 saturated carbocycles. The SMILES string of the molecule is Cc1ccccc1N/C=C(/C#N)C(=O)N1CCN(CCN)CC1. The molecule has 1 aliphatic rings. The summed E-state index contributed by atoms with van der Waals surface area (Å²) in [6.07, 6.45) is 1.50. The van der Waals surface area contributed by atoms with Gasteiger partial charge in [0.25, 0.3) is 5.91 Å². The molecule has 1 aromatic carbocycles. The van der Waals surface area contributed by atoms with E-state index in [1.807, 2.05) is 37.3 Å². The van der Waals surface area contributed by atoms with Crippen LogP contribution >= 0.6 is 0 Å². The van der Waals surface area contributed by atoms with Gasteiger partial charge in [0.15, 0.2) is 0 Å². The Labute approximate surface area is 137 Å². The monoisotopic (exact) mass is 313 g/mol. The average Bonchev–Trinajstić information content (AvgIpc) is 2.57. The fraction of sp³-hybridized carbons (Fsp3) is 0.412. The molecule has 1 saturated heterocycles. The van der Waals surface area contributed by atoms with Gasteiger partial charge in [-0.05, 0) is 18.6 Å². The van der Waals surface area contributed by atoms with Gasteiger partial charge in [-0.2, -0.15) is 5.26 Å². The molecule has 0 aromatic heterocycles. The Hall–Kier alpha value is -2.36. The highest BCUT2D eigenvalue weighted by Gasteiger charge is 2.23. The van der Waals surface area contributed by atoms with E-state index in [1.165, 1.54) is 6.20 Å². The topological polar surface area (TPSA) is 85.4 Å². The lowest BCUT2D eigenvalue weighted by Gasteiger charge is -2.34. The van der Waals surface area contributed by atoms with Gasteiger partial charge in [0.1, 0.15) is 11.6 Å². The molecule has 1 heterocycles. The first-order chi connectivity index (χ1) is 11.2.